The number of carbonyl (C=O) groups excluding carboxylic acids is 3. The molecule has 8 nitrogen and oxygen atoms in total. The van der Waals surface area contributed by atoms with Gasteiger partial charge < -0.3 is 28.6 Å². The number of allylic oxidation sites excluding steroid dienone is 12. The highest BCUT2D eigenvalue weighted by atomic mass is 16.6. The number of hydrogen-bond acceptors (Lipinski definition) is 7. The molecule has 0 aromatic heterocycles. The van der Waals surface area contributed by atoms with Crippen molar-refractivity contribution in [2.45, 2.75) is 225 Å². The molecule has 0 radical (unpaired) electrons. The topological polar surface area (TPSA) is 102 Å². The average molecular weight is 896 g/mol. The maximum Gasteiger partial charge on any atom is 0.306 e. The van der Waals surface area contributed by atoms with Crippen LogP contribution >= 0.6 is 0 Å². The molecule has 0 spiro atoms. The van der Waals surface area contributed by atoms with E-state index in [1.165, 1.54) is 83.5 Å². The van der Waals surface area contributed by atoms with Crippen LogP contribution in [0.5, 0.6) is 0 Å². The van der Waals surface area contributed by atoms with Crippen LogP contribution < -0.4 is 5.11 Å². The first-order valence-corrected chi connectivity index (χ1v) is 26.0. The quantitative estimate of drug-likeness (QED) is 0.0259. The number of hydrogen-bond donors (Lipinski definition) is 0. The summed E-state index contributed by atoms with van der Waals surface area (Å²) >= 11 is 0. The monoisotopic (exact) mass is 896 g/mol. The van der Waals surface area contributed by atoms with E-state index in [1.54, 1.807) is 21.1 Å². The molecule has 0 aromatic carbocycles. The Kier molecular flexibility index (Phi) is 44.0. The number of likely N-dealkylation sites (N-methyl/N-ethyl adjacent to an activating group) is 1. The Balaban J connectivity index is 4.29. The molecule has 2 atom stereocenters. The SMILES string of the molecule is CC/C=C/C/C=C/C/C=C/C/C=C/C/C=C/CCCCCCCCC(=O)OCC(COCCC(C(=O)[O-])[N+](C)(C)C)OC(=O)CCCCCCC/C=C/CCCCCCCCCCC. The smallest absolute Gasteiger partial charge is 0.306 e. The van der Waals surface area contributed by atoms with Gasteiger partial charge in [0.05, 0.1) is 40.3 Å². The number of unbranched alkanes of at least 4 members (excludes halogenated alkanes) is 20. The molecule has 0 saturated heterocycles. The van der Waals surface area contributed by atoms with Gasteiger partial charge in [-0.1, -0.05) is 183 Å². The normalized spacial score (nSPS) is 13.5. The number of ether oxygens (including phenoxy) is 3. The van der Waals surface area contributed by atoms with Crippen molar-refractivity contribution < 1.29 is 38.2 Å². The molecule has 0 aliphatic rings. The van der Waals surface area contributed by atoms with Gasteiger partial charge in [-0.25, -0.2) is 0 Å². The van der Waals surface area contributed by atoms with Crippen molar-refractivity contribution >= 4 is 17.9 Å². The van der Waals surface area contributed by atoms with Crippen molar-refractivity contribution in [3.8, 4) is 0 Å². The summed E-state index contributed by atoms with van der Waals surface area (Å²) in [6, 6.07) is -0.733. The van der Waals surface area contributed by atoms with Crippen molar-refractivity contribution in [3.63, 3.8) is 0 Å². The van der Waals surface area contributed by atoms with E-state index < -0.39 is 18.1 Å². The molecule has 0 aliphatic carbocycles. The first-order valence-electron chi connectivity index (χ1n) is 26.0. The summed E-state index contributed by atoms with van der Waals surface area (Å²) in [6.07, 6.45) is 59.3. The lowest BCUT2D eigenvalue weighted by Crippen LogP contribution is -2.55. The van der Waals surface area contributed by atoms with Gasteiger partial charge in [-0.2, -0.15) is 0 Å². The standard InChI is InChI=1S/C56H97NO7/c1-6-8-10-12-14-16-18-20-22-24-26-27-28-29-31-32-34-36-38-40-42-44-46-54(58)63-51-52(50-62-49-48-53(56(60)61)57(3,4)5)64-55(59)47-45-43-41-39-37-35-33-30-25-23-21-19-17-15-13-11-9-7-2/h8,10,14,16,20,22,26-27,29-31,33,52-53H,6-7,9,11-13,15,17-19,21,23-25,28,32,34-51H2,1-5H3/b10-8+,16-14+,22-20+,27-26+,31-29+,33-30+. The highest BCUT2D eigenvalue weighted by Crippen LogP contribution is 2.14. The van der Waals surface area contributed by atoms with E-state index in [1.807, 2.05) is 0 Å². The van der Waals surface area contributed by atoms with E-state index in [-0.39, 0.29) is 42.7 Å². The summed E-state index contributed by atoms with van der Waals surface area (Å²) in [5.74, 6) is -1.76. The number of quaternary nitrogens is 1. The van der Waals surface area contributed by atoms with Gasteiger partial charge in [0.15, 0.2) is 6.10 Å². The van der Waals surface area contributed by atoms with Gasteiger partial charge in [0.1, 0.15) is 12.6 Å². The zero-order valence-electron chi connectivity index (χ0n) is 41.9. The lowest BCUT2D eigenvalue weighted by molar-refractivity contribution is -0.889. The zero-order chi connectivity index (χ0) is 47.0. The summed E-state index contributed by atoms with van der Waals surface area (Å²) in [5, 5.41) is 11.7. The van der Waals surface area contributed by atoms with Crippen LogP contribution in [-0.4, -0.2) is 75.5 Å². The lowest BCUT2D eigenvalue weighted by atomic mass is 10.1. The Hall–Kier alpha value is -3.23. The van der Waals surface area contributed by atoms with E-state index in [0.717, 1.165) is 96.3 Å². The Morgan fingerprint density at radius 3 is 1.31 bits per heavy atom. The van der Waals surface area contributed by atoms with Crippen LogP contribution in [0.3, 0.4) is 0 Å². The minimum Gasteiger partial charge on any atom is -0.544 e. The first kappa shape index (κ1) is 60.8. The predicted molar refractivity (Wildman–Crippen MR) is 268 cm³/mol. The van der Waals surface area contributed by atoms with E-state index in [4.69, 9.17) is 14.2 Å². The molecule has 8 heteroatoms. The molecule has 0 aromatic rings. The molecular formula is C56H97NO7. The minimum absolute atomic E-state index is 0.0300. The van der Waals surface area contributed by atoms with Gasteiger partial charge in [-0.05, 0) is 83.5 Å². The number of carbonyl (C=O) groups is 3. The molecule has 2 unspecified atom stereocenters. The molecule has 0 amide bonds. The van der Waals surface area contributed by atoms with Crippen LogP contribution in [0.2, 0.25) is 0 Å². The highest BCUT2D eigenvalue weighted by Gasteiger charge is 2.25. The number of aliphatic carboxylic acids is 1. The molecule has 64 heavy (non-hydrogen) atoms. The van der Waals surface area contributed by atoms with Crippen LogP contribution in [-0.2, 0) is 28.6 Å². The summed E-state index contributed by atoms with van der Waals surface area (Å²) < 4.78 is 17.2. The van der Waals surface area contributed by atoms with E-state index >= 15 is 0 Å². The summed E-state index contributed by atoms with van der Waals surface area (Å²) in [7, 11) is 5.41. The Bertz CT molecular complexity index is 1270. The van der Waals surface area contributed by atoms with Gasteiger partial charge in [-0.15, -0.1) is 0 Å². The van der Waals surface area contributed by atoms with Gasteiger partial charge in [0.25, 0.3) is 0 Å². The maximum absolute atomic E-state index is 12.8. The molecule has 0 saturated carbocycles. The fourth-order valence-electron chi connectivity index (χ4n) is 7.33. The maximum atomic E-state index is 12.8. The number of rotatable bonds is 46. The van der Waals surface area contributed by atoms with Gasteiger partial charge in [0, 0.05) is 19.3 Å². The number of esters is 2. The first-order chi connectivity index (χ1) is 31.1. The predicted octanol–water partition coefficient (Wildman–Crippen LogP) is 13.8. The minimum atomic E-state index is -1.13. The Labute approximate surface area is 393 Å². The Morgan fingerprint density at radius 2 is 0.875 bits per heavy atom. The van der Waals surface area contributed by atoms with E-state index in [2.05, 4.69) is 86.8 Å². The van der Waals surface area contributed by atoms with Crippen LogP contribution in [0.4, 0.5) is 0 Å². The fraction of sp³-hybridized carbons (Fsp3) is 0.732. The number of carboxylic acids is 1. The molecule has 0 heterocycles. The molecule has 0 aliphatic heterocycles. The second kappa shape index (κ2) is 46.3. The number of nitrogens with zero attached hydrogens (tertiary/aromatic N) is 1. The average Bonchev–Trinajstić information content (AvgIpc) is 3.26. The van der Waals surface area contributed by atoms with Crippen LogP contribution in [0, 0.1) is 0 Å². The second-order valence-corrected chi connectivity index (χ2v) is 18.4. The van der Waals surface area contributed by atoms with Gasteiger partial charge in [0.2, 0.25) is 0 Å². The molecule has 368 valence electrons. The third kappa shape index (κ3) is 44.0. The molecule has 0 rings (SSSR count). The largest absolute Gasteiger partial charge is 0.544 e. The van der Waals surface area contributed by atoms with Crippen LogP contribution in [0.1, 0.15) is 213 Å². The highest BCUT2D eigenvalue weighted by molar-refractivity contribution is 5.70. The molecule has 0 fully saturated rings. The molecular weight excluding hydrogens is 799 g/mol. The van der Waals surface area contributed by atoms with Crippen LogP contribution in [0.25, 0.3) is 0 Å². The van der Waals surface area contributed by atoms with Crippen molar-refractivity contribution in [2.24, 2.45) is 0 Å². The van der Waals surface area contributed by atoms with Crippen molar-refractivity contribution in [2.75, 3.05) is 41.0 Å². The summed E-state index contributed by atoms with van der Waals surface area (Å²) in [4.78, 5) is 37.0. The van der Waals surface area contributed by atoms with E-state index in [0.29, 0.717) is 12.8 Å². The third-order valence-electron chi connectivity index (χ3n) is 11.3. The van der Waals surface area contributed by atoms with E-state index in [9.17, 15) is 19.5 Å². The summed E-state index contributed by atoms with van der Waals surface area (Å²) in [6.45, 7) is 4.54. The zero-order valence-corrected chi connectivity index (χ0v) is 41.9. The lowest BCUT2D eigenvalue weighted by Gasteiger charge is -2.34. The molecule has 0 bridgehead atoms. The fourth-order valence-corrected chi connectivity index (χ4v) is 7.33. The van der Waals surface area contributed by atoms with Crippen molar-refractivity contribution in [3.05, 3.63) is 72.9 Å². The third-order valence-corrected chi connectivity index (χ3v) is 11.3. The van der Waals surface area contributed by atoms with Crippen molar-refractivity contribution in [1.29, 1.82) is 0 Å². The van der Waals surface area contributed by atoms with Gasteiger partial charge in [-0.3, -0.25) is 9.59 Å². The second-order valence-electron chi connectivity index (χ2n) is 18.4. The Morgan fingerprint density at radius 1 is 0.484 bits per heavy atom. The van der Waals surface area contributed by atoms with Gasteiger partial charge >= 0.3 is 11.9 Å². The molecule has 0 N–H and O–H groups in total. The number of carboxylic acid groups (broad SMARTS) is 1. The van der Waals surface area contributed by atoms with Crippen molar-refractivity contribution in [1.82, 2.24) is 0 Å². The van der Waals surface area contributed by atoms with Crippen LogP contribution in [0.15, 0.2) is 72.9 Å². The summed E-state index contributed by atoms with van der Waals surface area (Å²) in [5.41, 5.74) is 0.